The zero-order valence-electron chi connectivity index (χ0n) is 21.3. The third-order valence-corrected chi connectivity index (χ3v) is 14.0. The Balaban J connectivity index is 1.37. The predicted molar refractivity (Wildman–Crippen MR) is 149 cm³/mol. The van der Waals surface area contributed by atoms with Gasteiger partial charge >= 0.3 is 0 Å². The van der Waals surface area contributed by atoms with E-state index < -0.39 is 0 Å². The van der Waals surface area contributed by atoms with E-state index in [2.05, 4.69) is 79.5 Å². The molecule has 5 aliphatic rings. The Labute approximate surface area is 215 Å². The first-order chi connectivity index (χ1) is 16.5. The molecule has 6 rings (SSSR count). The second kappa shape index (κ2) is 9.06. The highest BCUT2D eigenvalue weighted by Gasteiger charge is 2.59. The van der Waals surface area contributed by atoms with Gasteiger partial charge in [-0.1, -0.05) is 30.7 Å². The number of benzene rings is 1. The van der Waals surface area contributed by atoms with E-state index in [-0.39, 0.29) is 11.5 Å². The van der Waals surface area contributed by atoms with Crippen LogP contribution in [0.3, 0.4) is 0 Å². The van der Waals surface area contributed by atoms with E-state index >= 15 is 0 Å². The highest BCUT2D eigenvalue weighted by Crippen LogP contribution is 2.67. The summed E-state index contributed by atoms with van der Waals surface area (Å²) in [5.74, 6) is 6.25. The number of anilines is 1. The molecule has 0 radical (unpaired) electrons. The lowest BCUT2D eigenvalue weighted by Gasteiger charge is -2.57. The molecule has 4 aliphatic carbocycles. The van der Waals surface area contributed by atoms with E-state index in [1.165, 1.54) is 61.3 Å². The summed E-state index contributed by atoms with van der Waals surface area (Å²) in [4.78, 5) is 2.45. The fraction of sp³-hybridized carbons (Fsp3) is 0.733. The lowest BCUT2D eigenvalue weighted by atomic mass is 9.48. The molecule has 7 unspecified atom stereocenters. The van der Waals surface area contributed by atoms with Crippen LogP contribution in [0.15, 0.2) is 35.9 Å². The second-order valence-corrected chi connectivity index (χ2v) is 15.0. The van der Waals surface area contributed by atoms with Crippen molar-refractivity contribution in [1.29, 1.82) is 0 Å². The number of fused-ring (bicyclic) bond motifs is 5. The van der Waals surface area contributed by atoms with Crippen molar-refractivity contribution in [3.63, 3.8) is 0 Å². The maximum Gasteiger partial charge on any atom is 0.0794 e. The van der Waals surface area contributed by atoms with Crippen LogP contribution < -0.4 is 4.90 Å². The van der Waals surface area contributed by atoms with Gasteiger partial charge < -0.3 is 10.0 Å². The summed E-state index contributed by atoms with van der Waals surface area (Å²) in [6, 6.07) is 9.65. The van der Waals surface area contributed by atoms with Crippen molar-refractivity contribution < 1.29 is 5.11 Å². The highest BCUT2D eigenvalue weighted by molar-refractivity contribution is 8.21. The molecule has 1 aliphatic heterocycles. The van der Waals surface area contributed by atoms with Gasteiger partial charge in [-0.15, -0.1) is 23.5 Å². The zero-order chi connectivity index (χ0) is 23.5. The molecule has 4 heteroatoms. The van der Waals surface area contributed by atoms with Crippen LogP contribution in [-0.4, -0.2) is 39.9 Å². The molecule has 0 bridgehead atoms. The summed E-state index contributed by atoms with van der Waals surface area (Å²) in [5.41, 5.74) is 4.79. The molecule has 1 aromatic rings. The van der Waals surface area contributed by atoms with Crippen LogP contribution in [0.25, 0.3) is 0 Å². The minimum Gasteiger partial charge on any atom is -0.393 e. The maximum atomic E-state index is 11.2. The first-order valence-electron chi connectivity index (χ1n) is 14.0. The van der Waals surface area contributed by atoms with Crippen LogP contribution in [0.1, 0.15) is 77.2 Å². The second-order valence-electron chi connectivity index (χ2n) is 11.9. The monoisotopic (exact) mass is 497 g/mol. The Morgan fingerprint density at radius 2 is 1.71 bits per heavy atom. The van der Waals surface area contributed by atoms with E-state index in [0.29, 0.717) is 15.9 Å². The van der Waals surface area contributed by atoms with E-state index in [1.807, 2.05) is 0 Å². The molecular weight excluding hydrogens is 454 g/mol. The number of rotatable bonds is 4. The molecule has 0 amide bonds. The normalized spacial score (nSPS) is 40.4. The SMILES string of the molecule is CCN(CC)c1ccc(C2CC3(C)C(O)CCC3C3CCC4=CC5(CCC4C23)SCCS5)cc1. The zero-order valence-corrected chi connectivity index (χ0v) is 23.0. The molecule has 34 heavy (non-hydrogen) atoms. The van der Waals surface area contributed by atoms with Crippen LogP contribution in [0.4, 0.5) is 5.69 Å². The molecule has 1 N–H and O–H groups in total. The standard InChI is InChI=1S/C30H43NOS2/c1-4-31(5-2)22-9-6-20(7-10-22)25-19-29(3)26(12-13-27(29)32)24-11-8-21-18-30(33-16-17-34-30)15-14-23(21)28(24)25/h6-7,9-10,18,23-28,32H,4-5,8,11-17,19H2,1-3H3. The van der Waals surface area contributed by atoms with Gasteiger partial charge in [0.05, 0.1) is 10.2 Å². The molecule has 1 aromatic carbocycles. The number of nitrogens with zero attached hydrogens (tertiary/aromatic N) is 1. The minimum atomic E-state index is -0.117. The Kier molecular flexibility index (Phi) is 6.34. The molecule has 186 valence electrons. The number of allylic oxidation sites excluding steroid dienone is 1. The fourth-order valence-electron chi connectivity index (χ4n) is 8.98. The summed E-state index contributed by atoms with van der Waals surface area (Å²) >= 11 is 4.44. The fourth-order valence-corrected chi connectivity index (χ4v) is 12.2. The average Bonchev–Trinajstić information content (AvgIpc) is 3.43. The largest absolute Gasteiger partial charge is 0.393 e. The maximum absolute atomic E-state index is 11.2. The van der Waals surface area contributed by atoms with Crippen molar-refractivity contribution >= 4 is 29.2 Å². The van der Waals surface area contributed by atoms with E-state index in [1.54, 1.807) is 5.57 Å². The van der Waals surface area contributed by atoms with Gasteiger partial charge in [0.15, 0.2) is 0 Å². The summed E-state index contributed by atoms with van der Waals surface area (Å²) in [7, 11) is 0. The topological polar surface area (TPSA) is 23.5 Å². The minimum absolute atomic E-state index is 0.0949. The van der Waals surface area contributed by atoms with Gasteiger partial charge in [-0.05, 0) is 111 Å². The predicted octanol–water partition coefficient (Wildman–Crippen LogP) is 7.34. The Bertz CT molecular complexity index is 918. The molecule has 4 fully saturated rings. The number of aliphatic hydroxyl groups excluding tert-OH is 1. The van der Waals surface area contributed by atoms with Crippen molar-refractivity contribution in [2.24, 2.45) is 29.1 Å². The van der Waals surface area contributed by atoms with Crippen LogP contribution in [0, 0.1) is 29.1 Å². The van der Waals surface area contributed by atoms with Gasteiger partial charge in [-0.2, -0.15) is 0 Å². The molecule has 2 nitrogen and oxygen atoms in total. The molecule has 3 saturated carbocycles. The third-order valence-electron chi connectivity index (χ3n) is 10.6. The van der Waals surface area contributed by atoms with Gasteiger partial charge in [-0.25, -0.2) is 0 Å². The molecular formula is C30H43NOS2. The van der Waals surface area contributed by atoms with Crippen molar-refractivity contribution in [2.75, 3.05) is 29.5 Å². The lowest BCUT2D eigenvalue weighted by molar-refractivity contribution is -0.0659. The number of thioether (sulfide) groups is 2. The van der Waals surface area contributed by atoms with Crippen molar-refractivity contribution in [3.8, 4) is 0 Å². The van der Waals surface area contributed by atoms with Crippen molar-refractivity contribution in [3.05, 3.63) is 41.5 Å². The van der Waals surface area contributed by atoms with Gasteiger partial charge in [-0.3, -0.25) is 0 Å². The van der Waals surface area contributed by atoms with Crippen LogP contribution >= 0.6 is 23.5 Å². The van der Waals surface area contributed by atoms with Crippen LogP contribution in [-0.2, 0) is 0 Å². The average molecular weight is 498 g/mol. The van der Waals surface area contributed by atoms with E-state index in [9.17, 15) is 5.11 Å². The van der Waals surface area contributed by atoms with E-state index in [0.717, 1.165) is 37.3 Å². The summed E-state index contributed by atoms with van der Waals surface area (Å²) < 4.78 is 0.395. The summed E-state index contributed by atoms with van der Waals surface area (Å²) in [6.45, 7) is 9.06. The third kappa shape index (κ3) is 3.72. The quantitative estimate of drug-likeness (QED) is 0.440. The van der Waals surface area contributed by atoms with Crippen molar-refractivity contribution in [2.45, 2.75) is 81.8 Å². The molecule has 0 aromatic heterocycles. The first kappa shape index (κ1) is 23.8. The summed E-state index contributed by atoms with van der Waals surface area (Å²) in [6.07, 6.45) is 11.5. The number of hydrogen-bond donors (Lipinski definition) is 1. The molecule has 7 atom stereocenters. The Morgan fingerprint density at radius 3 is 2.41 bits per heavy atom. The number of aliphatic hydroxyl groups is 1. The van der Waals surface area contributed by atoms with Crippen LogP contribution in [0.5, 0.6) is 0 Å². The smallest absolute Gasteiger partial charge is 0.0794 e. The Hall–Kier alpha value is -0.580. The van der Waals surface area contributed by atoms with Gasteiger partial charge in [0.2, 0.25) is 0 Å². The first-order valence-corrected chi connectivity index (χ1v) is 16.0. The highest BCUT2D eigenvalue weighted by atomic mass is 32.2. The lowest BCUT2D eigenvalue weighted by Crippen LogP contribution is -2.51. The van der Waals surface area contributed by atoms with Gasteiger partial charge in [0, 0.05) is 30.3 Å². The molecule has 1 spiro atoms. The molecule has 1 heterocycles. The Morgan fingerprint density at radius 1 is 0.971 bits per heavy atom. The summed E-state index contributed by atoms with van der Waals surface area (Å²) in [5, 5.41) is 11.2. The number of hydrogen-bond acceptors (Lipinski definition) is 4. The van der Waals surface area contributed by atoms with Crippen LogP contribution in [0.2, 0.25) is 0 Å². The van der Waals surface area contributed by atoms with E-state index in [4.69, 9.17) is 0 Å². The van der Waals surface area contributed by atoms with Crippen molar-refractivity contribution in [1.82, 2.24) is 0 Å². The van der Waals surface area contributed by atoms with Gasteiger partial charge in [0.1, 0.15) is 0 Å². The molecule has 1 saturated heterocycles. The van der Waals surface area contributed by atoms with Gasteiger partial charge in [0.25, 0.3) is 0 Å².